The lowest BCUT2D eigenvalue weighted by molar-refractivity contribution is 0.336. The van der Waals surface area contributed by atoms with Crippen molar-refractivity contribution in [2.75, 3.05) is 13.7 Å². The van der Waals surface area contributed by atoms with Crippen LogP contribution < -0.4 is 10.1 Å². The highest BCUT2D eigenvalue weighted by Crippen LogP contribution is 2.51. The van der Waals surface area contributed by atoms with Crippen LogP contribution in [0.5, 0.6) is 5.75 Å². The van der Waals surface area contributed by atoms with Crippen molar-refractivity contribution in [3.05, 3.63) is 29.8 Å². The molecule has 1 aromatic rings. The van der Waals surface area contributed by atoms with Gasteiger partial charge in [-0.05, 0) is 30.2 Å². The summed E-state index contributed by atoms with van der Waals surface area (Å²) in [6.45, 7) is 6.69. The molecule has 0 radical (unpaired) electrons. The molecule has 2 heteroatoms. The van der Waals surface area contributed by atoms with E-state index in [0.717, 1.165) is 24.8 Å². The third-order valence-electron chi connectivity index (χ3n) is 4.10. The van der Waals surface area contributed by atoms with Crippen LogP contribution in [-0.2, 0) is 6.54 Å². The first kappa shape index (κ1) is 12.4. The maximum atomic E-state index is 5.35. The number of nitrogens with one attached hydrogen (secondary N) is 1. The lowest BCUT2D eigenvalue weighted by Gasteiger charge is -2.20. The van der Waals surface area contributed by atoms with Gasteiger partial charge in [0.2, 0.25) is 0 Å². The van der Waals surface area contributed by atoms with Crippen LogP contribution in [0.15, 0.2) is 24.3 Å². The van der Waals surface area contributed by atoms with E-state index in [2.05, 4.69) is 31.3 Å². The van der Waals surface area contributed by atoms with Crippen LogP contribution >= 0.6 is 0 Å². The molecule has 1 fully saturated rings. The number of ether oxygens (including phenoxy) is 1. The van der Waals surface area contributed by atoms with Gasteiger partial charge in [0, 0.05) is 18.7 Å². The van der Waals surface area contributed by atoms with Gasteiger partial charge in [-0.2, -0.15) is 0 Å². The molecule has 0 atom stereocenters. The molecule has 0 heterocycles. The molecule has 0 saturated heterocycles. The van der Waals surface area contributed by atoms with E-state index >= 15 is 0 Å². The van der Waals surface area contributed by atoms with E-state index in [9.17, 15) is 0 Å². The van der Waals surface area contributed by atoms with E-state index in [1.54, 1.807) is 7.11 Å². The molecule has 0 spiro atoms. The Morgan fingerprint density at radius 2 is 2.00 bits per heavy atom. The monoisotopic (exact) mass is 233 g/mol. The Kier molecular flexibility index (Phi) is 3.72. The molecule has 0 bridgehead atoms. The van der Waals surface area contributed by atoms with Gasteiger partial charge < -0.3 is 10.1 Å². The van der Waals surface area contributed by atoms with E-state index in [1.807, 2.05) is 12.1 Å². The van der Waals surface area contributed by atoms with Crippen LogP contribution in [0.2, 0.25) is 0 Å². The van der Waals surface area contributed by atoms with Crippen molar-refractivity contribution in [2.45, 2.75) is 33.2 Å². The summed E-state index contributed by atoms with van der Waals surface area (Å²) in [6, 6.07) is 8.22. The third kappa shape index (κ3) is 2.81. The van der Waals surface area contributed by atoms with Gasteiger partial charge in [0.15, 0.2) is 0 Å². The first-order valence-corrected chi connectivity index (χ1v) is 6.50. The highest BCUT2D eigenvalue weighted by molar-refractivity contribution is 5.33. The van der Waals surface area contributed by atoms with E-state index in [4.69, 9.17) is 4.74 Å². The summed E-state index contributed by atoms with van der Waals surface area (Å²) in [7, 11) is 1.73. The van der Waals surface area contributed by atoms with Crippen molar-refractivity contribution in [2.24, 2.45) is 11.3 Å². The van der Waals surface area contributed by atoms with E-state index in [1.165, 1.54) is 18.4 Å². The van der Waals surface area contributed by atoms with Gasteiger partial charge in [-0.25, -0.2) is 0 Å². The van der Waals surface area contributed by atoms with Crippen LogP contribution in [0.25, 0.3) is 0 Å². The lowest BCUT2D eigenvalue weighted by atomic mass is 9.92. The second kappa shape index (κ2) is 5.09. The van der Waals surface area contributed by atoms with E-state index in [-0.39, 0.29) is 0 Å². The Bertz CT molecular complexity index is 369. The minimum absolute atomic E-state index is 0.571. The Balaban J connectivity index is 1.86. The second-order valence-electron chi connectivity index (χ2n) is 5.43. The Labute approximate surface area is 104 Å². The molecular weight excluding hydrogens is 210 g/mol. The van der Waals surface area contributed by atoms with Crippen LogP contribution in [0.1, 0.15) is 32.3 Å². The average molecular weight is 233 g/mol. The largest absolute Gasteiger partial charge is 0.496 e. The standard InChI is InChI=1S/C15H23NO/c1-12(2)15(8-9-15)11-16-10-13-6-4-5-7-14(13)17-3/h4-7,12,16H,8-11H2,1-3H3. The van der Waals surface area contributed by atoms with Crippen LogP contribution in [0, 0.1) is 11.3 Å². The van der Waals surface area contributed by atoms with Gasteiger partial charge in [-0.15, -0.1) is 0 Å². The molecule has 1 saturated carbocycles. The van der Waals surface area contributed by atoms with Gasteiger partial charge in [0.1, 0.15) is 5.75 Å². The van der Waals surface area contributed by atoms with Gasteiger partial charge in [0.25, 0.3) is 0 Å². The van der Waals surface area contributed by atoms with Gasteiger partial charge in [0.05, 0.1) is 7.11 Å². The summed E-state index contributed by atoms with van der Waals surface area (Å²) in [5.74, 6) is 1.77. The molecule has 1 aliphatic rings. The highest BCUT2D eigenvalue weighted by Gasteiger charge is 2.44. The van der Waals surface area contributed by atoms with Crippen LogP contribution in [0.3, 0.4) is 0 Å². The summed E-state index contributed by atoms with van der Waals surface area (Å²) < 4.78 is 5.35. The highest BCUT2D eigenvalue weighted by atomic mass is 16.5. The molecule has 17 heavy (non-hydrogen) atoms. The fraction of sp³-hybridized carbons (Fsp3) is 0.600. The fourth-order valence-corrected chi connectivity index (χ4v) is 2.41. The molecular formula is C15H23NO. The summed E-state index contributed by atoms with van der Waals surface area (Å²) >= 11 is 0. The number of hydrogen-bond acceptors (Lipinski definition) is 2. The van der Waals surface area contributed by atoms with Crippen molar-refractivity contribution < 1.29 is 4.74 Å². The molecule has 94 valence electrons. The van der Waals surface area contributed by atoms with Crippen molar-refractivity contribution in [1.29, 1.82) is 0 Å². The predicted molar refractivity (Wildman–Crippen MR) is 71.2 cm³/mol. The van der Waals surface area contributed by atoms with E-state index in [0.29, 0.717) is 5.41 Å². The smallest absolute Gasteiger partial charge is 0.123 e. The predicted octanol–water partition coefficient (Wildman–Crippen LogP) is 3.22. The Morgan fingerprint density at radius 3 is 2.59 bits per heavy atom. The summed E-state index contributed by atoms with van der Waals surface area (Å²) in [4.78, 5) is 0. The number of hydrogen-bond donors (Lipinski definition) is 1. The molecule has 1 aromatic carbocycles. The van der Waals surface area contributed by atoms with Crippen LogP contribution in [-0.4, -0.2) is 13.7 Å². The number of rotatable bonds is 6. The van der Waals surface area contributed by atoms with Crippen molar-refractivity contribution in [3.63, 3.8) is 0 Å². The molecule has 2 nitrogen and oxygen atoms in total. The zero-order valence-corrected chi connectivity index (χ0v) is 11.1. The average Bonchev–Trinajstić information content (AvgIpc) is 3.11. The maximum absolute atomic E-state index is 5.35. The molecule has 0 unspecified atom stereocenters. The zero-order valence-electron chi connectivity index (χ0n) is 11.1. The molecule has 2 rings (SSSR count). The molecule has 0 aliphatic heterocycles. The third-order valence-corrected chi connectivity index (χ3v) is 4.10. The molecule has 1 N–H and O–H groups in total. The Morgan fingerprint density at radius 1 is 1.29 bits per heavy atom. The Hall–Kier alpha value is -1.02. The second-order valence-corrected chi connectivity index (χ2v) is 5.43. The lowest BCUT2D eigenvalue weighted by Crippen LogP contribution is -2.27. The zero-order chi connectivity index (χ0) is 12.3. The number of benzene rings is 1. The maximum Gasteiger partial charge on any atom is 0.123 e. The molecule has 1 aliphatic carbocycles. The normalized spacial score (nSPS) is 17.2. The van der Waals surface area contributed by atoms with Gasteiger partial charge in [-0.1, -0.05) is 32.0 Å². The topological polar surface area (TPSA) is 21.3 Å². The van der Waals surface area contributed by atoms with Crippen LogP contribution in [0.4, 0.5) is 0 Å². The quantitative estimate of drug-likeness (QED) is 0.814. The first-order chi connectivity index (χ1) is 8.18. The fourth-order valence-electron chi connectivity index (χ4n) is 2.41. The summed E-state index contributed by atoms with van der Waals surface area (Å²) in [5.41, 5.74) is 1.82. The summed E-state index contributed by atoms with van der Waals surface area (Å²) in [5, 5.41) is 3.58. The number of para-hydroxylation sites is 1. The van der Waals surface area contributed by atoms with Crippen molar-refractivity contribution in [3.8, 4) is 5.75 Å². The van der Waals surface area contributed by atoms with Crippen molar-refractivity contribution in [1.82, 2.24) is 5.32 Å². The molecule has 0 aromatic heterocycles. The first-order valence-electron chi connectivity index (χ1n) is 6.50. The van der Waals surface area contributed by atoms with Gasteiger partial charge in [-0.3, -0.25) is 0 Å². The van der Waals surface area contributed by atoms with Gasteiger partial charge >= 0.3 is 0 Å². The minimum Gasteiger partial charge on any atom is -0.496 e. The minimum atomic E-state index is 0.571. The summed E-state index contributed by atoms with van der Waals surface area (Å²) in [6.07, 6.45) is 2.76. The SMILES string of the molecule is COc1ccccc1CNCC1(C(C)C)CC1. The van der Waals surface area contributed by atoms with Crippen molar-refractivity contribution >= 4 is 0 Å². The number of methoxy groups -OCH3 is 1. The molecule has 0 amide bonds. The van der Waals surface area contributed by atoms with E-state index < -0.39 is 0 Å².